The molecule has 0 N–H and O–H groups in total. The van der Waals surface area contributed by atoms with Crippen LogP contribution in [-0.4, -0.2) is 24.0 Å². The average molecular weight is 364 g/mol. The van der Waals surface area contributed by atoms with Gasteiger partial charge in [0.25, 0.3) is 5.91 Å². The van der Waals surface area contributed by atoms with Crippen LogP contribution in [0.3, 0.4) is 0 Å². The number of aryl methyl sites for hydroxylation is 1. The second kappa shape index (κ2) is 7.16. The second-order valence-electron chi connectivity index (χ2n) is 7.27. The van der Waals surface area contributed by atoms with E-state index in [9.17, 15) is 9.59 Å². The molecular formula is C22H24N2O3. The number of fused-ring (bicyclic) bond motifs is 1. The first-order chi connectivity index (χ1) is 13.1. The van der Waals surface area contributed by atoms with Crippen molar-refractivity contribution < 1.29 is 14.4 Å². The van der Waals surface area contributed by atoms with E-state index in [-0.39, 0.29) is 17.9 Å². The summed E-state index contributed by atoms with van der Waals surface area (Å²) in [6.07, 6.45) is 2.07. The van der Waals surface area contributed by atoms with Gasteiger partial charge in [-0.15, -0.1) is 0 Å². The highest BCUT2D eigenvalue weighted by atomic mass is 16.7. The van der Waals surface area contributed by atoms with E-state index in [1.54, 1.807) is 11.1 Å². The predicted octanol–water partition coefficient (Wildman–Crippen LogP) is 3.86. The van der Waals surface area contributed by atoms with Crippen LogP contribution in [-0.2, 0) is 14.4 Å². The Labute approximate surface area is 159 Å². The minimum absolute atomic E-state index is 0.136. The Morgan fingerprint density at radius 3 is 2.41 bits per heavy atom. The first kappa shape index (κ1) is 17.7. The molecule has 0 aliphatic carbocycles. The van der Waals surface area contributed by atoms with Gasteiger partial charge in [-0.2, -0.15) is 0 Å². The van der Waals surface area contributed by atoms with Crippen molar-refractivity contribution >= 4 is 23.2 Å². The van der Waals surface area contributed by atoms with Gasteiger partial charge in [-0.1, -0.05) is 50.1 Å². The highest BCUT2D eigenvalue weighted by molar-refractivity contribution is 6.23. The van der Waals surface area contributed by atoms with Crippen molar-refractivity contribution in [2.75, 3.05) is 9.96 Å². The number of nitrogens with zero attached hydrogens (tertiary/aromatic N) is 2. The van der Waals surface area contributed by atoms with Crippen LogP contribution in [0.15, 0.2) is 54.6 Å². The van der Waals surface area contributed by atoms with Crippen molar-refractivity contribution in [1.82, 2.24) is 0 Å². The number of unbranched alkanes of at least 4 members (excludes halogenated alkanes) is 1. The molecular weight excluding hydrogens is 340 g/mol. The van der Waals surface area contributed by atoms with Crippen molar-refractivity contribution in [3.63, 3.8) is 0 Å². The molecule has 0 saturated carbocycles. The molecule has 0 radical (unpaired) electrons. The van der Waals surface area contributed by atoms with E-state index >= 15 is 0 Å². The lowest BCUT2D eigenvalue weighted by molar-refractivity contribution is -0.126. The number of imide groups is 1. The van der Waals surface area contributed by atoms with Crippen LogP contribution in [0.5, 0.6) is 0 Å². The van der Waals surface area contributed by atoms with Gasteiger partial charge in [0.05, 0.1) is 23.3 Å². The molecule has 2 aliphatic rings. The first-order valence-corrected chi connectivity index (χ1v) is 9.57. The number of amides is 2. The molecule has 2 aromatic rings. The van der Waals surface area contributed by atoms with Gasteiger partial charge in [0, 0.05) is 0 Å². The molecule has 5 nitrogen and oxygen atoms in total. The Balaban J connectivity index is 1.68. The summed E-state index contributed by atoms with van der Waals surface area (Å²) >= 11 is 0. The van der Waals surface area contributed by atoms with Gasteiger partial charge in [-0.25, -0.2) is 9.96 Å². The lowest BCUT2D eigenvalue weighted by Crippen LogP contribution is -2.40. The average Bonchev–Trinajstić information content (AvgIpc) is 3.17. The Morgan fingerprint density at radius 2 is 1.70 bits per heavy atom. The maximum absolute atomic E-state index is 13.3. The van der Waals surface area contributed by atoms with Crippen molar-refractivity contribution in [2.45, 2.75) is 45.3 Å². The molecule has 0 spiro atoms. The highest BCUT2D eigenvalue weighted by Gasteiger charge is 2.59. The monoisotopic (exact) mass is 364 g/mol. The van der Waals surface area contributed by atoms with Gasteiger partial charge in [-0.3, -0.25) is 14.4 Å². The zero-order valence-electron chi connectivity index (χ0n) is 15.7. The van der Waals surface area contributed by atoms with Crippen LogP contribution in [0.4, 0.5) is 11.4 Å². The largest absolute Gasteiger partial charge is 0.273 e. The van der Waals surface area contributed by atoms with Gasteiger partial charge in [0.2, 0.25) is 5.91 Å². The highest BCUT2D eigenvalue weighted by Crippen LogP contribution is 2.41. The molecule has 2 amide bonds. The fourth-order valence-electron chi connectivity index (χ4n) is 4.05. The van der Waals surface area contributed by atoms with Crippen LogP contribution in [0.1, 0.15) is 31.7 Å². The van der Waals surface area contributed by atoms with E-state index in [1.807, 2.05) is 55.5 Å². The molecule has 140 valence electrons. The standard InChI is InChI=1S/C22H24N2O3/c1-3-4-13-18-19-20(27-24(18)16-10-6-5-7-11-16)22(26)23(21(19)25)17-12-8-9-15(2)14-17/h5-12,14,18-20H,3-4,13H2,1-2H3. The molecule has 0 bridgehead atoms. The number of hydrogen-bond donors (Lipinski definition) is 0. The summed E-state index contributed by atoms with van der Waals surface area (Å²) in [5, 5.41) is 1.79. The quantitative estimate of drug-likeness (QED) is 0.756. The normalized spacial score (nSPS) is 24.6. The summed E-state index contributed by atoms with van der Waals surface area (Å²) in [6.45, 7) is 4.08. The Kier molecular flexibility index (Phi) is 4.70. The van der Waals surface area contributed by atoms with Crippen molar-refractivity contribution in [3.8, 4) is 0 Å². The Hall–Kier alpha value is -2.66. The summed E-state index contributed by atoms with van der Waals surface area (Å²) in [4.78, 5) is 33.7. The van der Waals surface area contributed by atoms with Crippen molar-refractivity contribution in [3.05, 3.63) is 60.2 Å². The number of hydroxylamine groups is 1. The molecule has 27 heavy (non-hydrogen) atoms. The molecule has 2 fully saturated rings. The van der Waals surface area contributed by atoms with E-state index in [2.05, 4.69) is 6.92 Å². The topological polar surface area (TPSA) is 49.9 Å². The van der Waals surface area contributed by atoms with E-state index in [0.717, 1.165) is 30.5 Å². The summed E-state index contributed by atoms with van der Waals surface area (Å²) in [5.41, 5.74) is 2.53. The van der Waals surface area contributed by atoms with Crippen LogP contribution in [0.25, 0.3) is 0 Å². The van der Waals surface area contributed by atoms with Crippen molar-refractivity contribution in [1.29, 1.82) is 0 Å². The molecule has 0 aromatic heterocycles. The zero-order chi connectivity index (χ0) is 19.0. The lowest BCUT2D eigenvalue weighted by atomic mass is 9.92. The predicted molar refractivity (Wildman–Crippen MR) is 104 cm³/mol. The van der Waals surface area contributed by atoms with Gasteiger partial charge < -0.3 is 0 Å². The SMILES string of the molecule is CCCCC1C2C(=O)N(c3cccc(C)c3)C(=O)C2ON1c1ccccc1. The molecule has 2 heterocycles. The Bertz CT molecular complexity index is 852. The summed E-state index contributed by atoms with van der Waals surface area (Å²) in [6, 6.07) is 17.1. The second-order valence-corrected chi connectivity index (χ2v) is 7.27. The fourth-order valence-corrected chi connectivity index (χ4v) is 4.05. The molecule has 3 unspecified atom stereocenters. The third-order valence-electron chi connectivity index (χ3n) is 5.36. The lowest BCUT2D eigenvalue weighted by Gasteiger charge is -2.28. The first-order valence-electron chi connectivity index (χ1n) is 9.57. The molecule has 3 atom stereocenters. The number of rotatable bonds is 5. The van der Waals surface area contributed by atoms with Gasteiger partial charge in [0.15, 0.2) is 6.10 Å². The molecule has 2 saturated heterocycles. The number of carbonyl (C=O) groups excluding carboxylic acids is 2. The van der Waals surface area contributed by atoms with E-state index in [1.165, 1.54) is 4.90 Å². The fraction of sp³-hybridized carbons (Fsp3) is 0.364. The van der Waals surface area contributed by atoms with E-state index < -0.39 is 12.0 Å². The molecule has 4 rings (SSSR count). The number of benzene rings is 2. The van der Waals surface area contributed by atoms with Gasteiger partial charge in [0.1, 0.15) is 0 Å². The minimum atomic E-state index is -0.750. The smallest absolute Gasteiger partial charge is 0.266 e. The summed E-state index contributed by atoms with van der Waals surface area (Å²) < 4.78 is 0. The Morgan fingerprint density at radius 1 is 0.963 bits per heavy atom. The van der Waals surface area contributed by atoms with E-state index in [0.29, 0.717) is 5.69 Å². The summed E-state index contributed by atoms with van der Waals surface area (Å²) in [7, 11) is 0. The van der Waals surface area contributed by atoms with Gasteiger partial charge in [-0.05, 0) is 43.2 Å². The molecule has 5 heteroatoms. The summed E-state index contributed by atoms with van der Waals surface area (Å²) in [5.74, 6) is -0.893. The maximum atomic E-state index is 13.3. The number of carbonyl (C=O) groups is 2. The van der Waals surface area contributed by atoms with Crippen LogP contribution >= 0.6 is 0 Å². The zero-order valence-corrected chi connectivity index (χ0v) is 15.7. The van der Waals surface area contributed by atoms with Crippen LogP contribution in [0, 0.1) is 12.8 Å². The third kappa shape index (κ3) is 3.02. The number of hydrogen-bond acceptors (Lipinski definition) is 4. The molecule has 2 aliphatic heterocycles. The van der Waals surface area contributed by atoms with E-state index in [4.69, 9.17) is 4.84 Å². The number of anilines is 2. The van der Waals surface area contributed by atoms with Crippen LogP contribution < -0.4 is 9.96 Å². The molecule has 2 aromatic carbocycles. The van der Waals surface area contributed by atoms with Gasteiger partial charge >= 0.3 is 0 Å². The van der Waals surface area contributed by atoms with Crippen molar-refractivity contribution in [2.24, 2.45) is 5.92 Å². The third-order valence-corrected chi connectivity index (χ3v) is 5.36. The maximum Gasteiger partial charge on any atom is 0.266 e. The number of para-hydroxylation sites is 1. The van der Waals surface area contributed by atoms with Crippen LogP contribution in [0.2, 0.25) is 0 Å². The minimum Gasteiger partial charge on any atom is -0.273 e.